The standard InChI is InChI=1S/C22H22N4O2/c27-21(18-3-1-4-19(15-18)25-22(28)17-7-8-17)23-13-11-16-5-9-20(10-6-16)26-14-2-12-24-26/h1-6,9-10,12,14-15,17H,7-8,11,13H2,(H,23,27)(H,25,28). The van der Waals surface area contributed by atoms with Crippen molar-refractivity contribution in [3.8, 4) is 5.69 Å². The Balaban J connectivity index is 1.29. The number of aromatic nitrogens is 2. The van der Waals surface area contributed by atoms with E-state index in [4.69, 9.17) is 0 Å². The fourth-order valence-electron chi connectivity index (χ4n) is 2.99. The quantitative estimate of drug-likeness (QED) is 0.667. The molecule has 0 radical (unpaired) electrons. The van der Waals surface area contributed by atoms with Crippen molar-refractivity contribution in [3.63, 3.8) is 0 Å². The van der Waals surface area contributed by atoms with Crippen molar-refractivity contribution in [2.24, 2.45) is 5.92 Å². The molecule has 3 aromatic rings. The molecule has 1 aliphatic rings. The van der Waals surface area contributed by atoms with Crippen LogP contribution in [0.1, 0.15) is 28.8 Å². The molecule has 1 heterocycles. The van der Waals surface area contributed by atoms with Gasteiger partial charge in [0.05, 0.1) is 5.69 Å². The Morgan fingerprint density at radius 3 is 2.61 bits per heavy atom. The predicted octanol–water partition coefficient (Wildman–Crippen LogP) is 3.19. The third kappa shape index (κ3) is 4.46. The summed E-state index contributed by atoms with van der Waals surface area (Å²) >= 11 is 0. The van der Waals surface area contributed by atoms with E-state index < -0.39 is 0 Å². The Morgan fingerprint density at radius 1 is 1.07 bits per heavy atom. The molecule has 1 fully saturated rings. The highest BCUT2D eigenvalue weighted by Gasteiger charge is 2.29. The SMILES string of the molecule is O=C(NCCc1ccc(-n2cccn2)cc1)c1cccc(NC(=O)C2CC2)c1. The van der Waals surface area contributed by atoms with E-state index in [0.29, 0.717) is 17.8 Å². The number of carbonyl (C=O) groups excluding carboxylic acids is 2. The van der Waals surface area contributed by atoms with Crippen LogP contribution in [-0.4, -0.2) is 28.1 Å². The molecule has 0 atom stereocenters. The van der Waals surface area contributed by atoms with E-state index >= 15 is 0 Å². The monoisotopic (exact) mass is 374 g/mol. The van der Waals surface area contributed by atoms with Gasteiger partial charge in [0.1, 0.15) is 0 Å². The second-order valence-corrected chi connectivity index (χ2v) is 6.97. The summed E-state index contributed by atoms with van der Waals surface area (Å²) in [6.45, 7) is 0.540. The molecular weight excluding hydrogens is 352 g/mol. The molecule has 6 nitrogen and oxygen atoms in total. The number of anilines is 1. The van der Waals surface area contributed by atoms with Gasteiger partial charge in [-0.3, -0.25) is 9.59 Å². The average Bonchev–Trinajstić information content (AvgIpc) is 3.43. The molecule has 0 saturated heterocycles. The highest BCUT2D eigenvalue weighted by atomic mass is 16.2. The molecule has 2 aromatic carbocycles. The van der Waals surface area contributed by atoms with Crippen LogP contribution in [0, 0.1) is 5.92 Å². The molecular formula is C22H22N4O2. The van der Waals surface area contributed by atoms with Gasteiger partial charge in [-0.1, -0.05) is 18.2 Å². The van der Waals surface area contributed by atoms with Crippen molar-refractivity contribution in [1.29, 1.82) is 0 Å². The number of amides is 2. The van der Waals surface area contributed by atoms with Crippen LogP contribution in [0.4, 0.5) is 5.69 Å². The number of rotatable bonds is 7. The zero-order valence-electron chi connectivity index (χ0n) is 15.5. The average molecular weight is 374 g/mol. The largest absolute Gasteiger partial charge is 0.352 e. The topological polar surface area (TPSA) is 76.0 Å². The van der Waals surface area contributed by atoms with E-state index in [1.54, 1.807) is 35.1 Å². The molecule has 0 unspecified atom stereocenters. The minimum absolute atomic E-state index is 0.0381. The van der Waals surface area contributed by atoms with Crippen molar-refractivity contribution in [2.45, 2.75) is 19.3 Å². The summed E-state index contributed by atoms with van der Waals surface area (Å²) in [4.78, 5) is 24.3. The molecule has 4 rings (SSSR count). The van der Waals surface area contributed by atoms with Crippen LogP contribution in [0.5, 0.6) is 0 Å². The number of nitrogens with zero attached hydrogens (tertiary/aromatic N) is 2. The third-order valence-electron chi connectivity index (χ3n) is 4.74. The molecule has 0 spiro atoms. The van der Waals surface area contributed by atoms with E-state index in [1.807, 2.05) is 36.5 Å². The van der Waals surface area contributed by atoms with Crippen molar-refractivity contribution >= 4 is 17.5 Å². The Kier molecular flexibility index (Phi) is 5.19. The first-order chi connectivity index (χ1) is 13.7. The molecule has 0 aliphatic heterocycles. The fraction of sp³-hybridized carbons (Fsp3) is 0.227. The number of carbonyl (C=O) groups is 2. The van der Waals surface area contributed by atoms with Gasteiger partial charge in [0, 0.05) is 36.1 Å². The predicted molar refractivity (Wildman–Crippen MR) is 107 cm³/mol. The lowest BCUT2D eigenvalue weighted by Crippen LogP contribution is -2.25. The Morgan fingerprint density at radius 2 is 1.89 bits per heavy atom. The zero-order chi connectivity index (χ0) is 19.3. The van der Waals surface area contributed by atoms with Crippen molar-refractivity contribution in [1.82, 2.24) is 15.1 Å². The molecule has 28 heavy (non-hydrogen) atoms. The first-order valence-corrected chi connectivity index (χ1v) is 9.47. The smallest absolute Gasteiger partial charge is 0.251 e. The van der Waals surface area contributed by atoms with E-state index in [-0.39, 0.29) is 17.7 Å². The van der Waals surface area contributed by atoms with Crippen LogP contribution >= 0.6 is 0 Å². The van der Waals surface area contributed by atoms with Crippen LogP contribution in [-0.2, 0) is 11.2 Å². The van der Waals surface area contributed by atoms with Gasteiger partial charge in [0.15, 0.2) is 0 Å². The van der Waals surface area contributed by atoms with Gasteiger partial charge in [-0.2, -0.15) is 5.10 Å². The van der Waals surface area contributed by atoms with Gasteiger partial charge in [0.2, 0.25) is 5.91 Å². The maximum absolute atomic E-state index is 12.4. The molecule has 2 amide bonds. The summed E-state index contributed by atoms with van der Waals surface area (Å²) in [5, 5.41) is 10.0. The van der Waals surface area contributed by atoms with Gasteiger partial charge >= 0.3 is 0 Å². The summed E-state index contributed by atoms with van der Waals surface area (Å²) in [5.41, 5.74) is 3.35. The highest BCUT2D eigenvalue weighted by molar-refractivity contribution is 5.98. The molecule has 2 N–H and O–H groups in total. The molecule has 0 bridgehead atoms. The maximum atomic E-state index is 12.4. The zero-order valence-corrected chi connectivity index (χ0v) is 15.5. The van der Waals surface area contributed by atoms with Crippen molar-refractivity contribution < 1.29 is 9.59 Å². The van der Waals surface area contributed by atoms with Gasteiger partial charge < -0.3 is 10.6 Å². The van der Waals surface area contributed by atoms with Gasteiger partial charge in [-0.15, -0.1) is 0 Å². The molecule has 1 saturated carbocycles. The summed E-state index contributed by atoms with van der Waals surface area (Å²) in [7, 11) is 0. The van der Waals surface area contributed by atoms with E-state index in [1.165, 1.54) is 0 Å². The Bertz CT molecular complexity index is 960. The van der Waals surface area contributed by atoms with E-state index in [2.05, 4.69) is 15.7 Å². The lowest BCUT2D eigenvalue weighted by atomic mass is 10.1. The lowest BCUT2D eigenvalue weighted by molar-refractivity contribution is -0.117. The normalized spacial score (nSPS) is 13.1. The first-order valence-electron chi connectivity index (χ1n) is 9.47. The Hall–Kier alpha value is -3.41. The van der Waals surface area contributed by atoms with Gasteiger partial charge in [-0.05, 0) is 61.2 Å². The lowest BCUT2D eigenvalue weighted by Gasteiger charge is -2.09. The van der Waals surface area contributed by atoms with Crippen molar-refractivity contribution in [3.05, 3.63) is 78.1 Å². The summed E-state index contributed by atoms with van der Waals surface area (Å²) < 4.78 is 1.81. The van der Waals surface area contributed by atoms with Gasteiger partial charge in [-0.25, -0.2) is 4.68 Å². The number of hydrogen-bond acceptors (Lipinski definition) is 3. The molecule has 1 aromatic heterocycles. The number of benzene rings is 2. The molecule has 142 valence electrons. The molecule has 6 heteroatoms. The second-order valence-electron chi connectivity index (χ2n) is 6.97. The second kappa shape index (κ2) is 8.08. The summed E-state index contributed by atoms with van der Waals surface area (Å²) in [6, 6.07) is 17.0. The maximum Gasteiger partial charge on any atom is 0.251 e. The number of hydrogen-bond donors (Lipinski definition) is 2. The Labute approximate surface area is 163 Å². The highest BCUT2D eigenvalue weighted by Crippen LogP contribution is 2.30. The number of nitrogens with one attached hydrogen (secondary N) is 2. The van der Waals surface area contributed by atoms with E-state index in [0.717, 1.165) is 30.5 Å². The first kappa shape index (κ1) is 18.0. The van der Waals surface area contributed by atoms with Crippen LogP contribution in [0.2, 0.25) is 0 Å². The van der Waals surface area contributed by atoms with Crippen LogP contribution in [0.15, 0.2) is 67.0 Å². The summed E-state index contributed by atoms with van der Waals surface area (Å²) in [6.07, 6.45) is 6.29. The van der Waals surface area contributed by atoms with E-state index in [9.17, 15) is 9.59 Å². The minimum atomic E-state index is -0.143. The third-order valence-corrected chi connectivity index (χ3v) is 4.74. The summed E-state index contributed by atoms with van der Waals surface area (Å²) in [5.74, 6) is 0.0314. The van der Waals surface area contributed by atoms with Crippen LogP contribution in [0.25, 0.3) is 5.69 Å². The minimum Gasteiger partial charge on any atom is -0.352 e. The van der Waals surface area contributed by atoms with Crippen LogP contribution in [0.3, 0.4) is 0 Å². The van der Waals surface area contributed by atoms with Gasteiger partial charge in [0.25, 0.3) is 5.91 Å². The van der Waals surface area contributed by atoms with Crippen LogP contribution < -0.4 is 10.6 Å². The van der Waals surface area contributed by atoms with Crippen molar-refractivity contribution in [2.75, 3.05) is 11.9 Å². The fourth-order valence-corrected chi connectivity index (χ4v) is 2.99. The molecule has 1 aliphatic carbocycles.